The summed E-state index contributed by atoms with van der Waals surface area (Å²) in [7, 11) is -2.03. The highest BCUT2D eigenvalue weighted by molar-refractivity contribution is 7.67. The second-order valence-electron chi connectivity index (χ2n) is 3.31. The Morgan fingerprint density at radius 1 is 1.14 bits per heavy atom. The molecular formula is C12H17OP. The molecule has 0 aliphatic heterocycles. The average molecular weight is 208 g/mol. The number of hydrogen-bond acceptors (Lipinski definition) is 1. The van der Waals surface area contributed by atoms with Gasteiger partial charge in [0, 0.05) is 12.3 Å². The molecule has 0 unspecified atom stereocenters. The monoisotopic (exact) mass is 208 g/mol. The van der Waals surface area contributed by atoms with Crippen LogP contribution in [-0.4, -0.2) is 12.3 Å². The predicted octanol–water partition coefficient (Wildman–Crippen LogP) is 4.06. The summed E-state index contributed by atoms with van der Waals surface area (Å²) in [6.07, 6.45) is 3.48. The van der Waals surface area contributed by atoms with Crippen LogP contribution in [0.5, 0.6) is 0 Å². The van der Waals surface area contributed by atoms with Gasteiger partial charge in [-0.15, -0.1) is 0 Å². The summed E-state index contributed by atoms with van der Waals surface area (Å²) in [5.74, 6) is 1.89. The third kappa shape index (κ3) is 3.16. The molecule has 0 saturated carbocycles. The fraction of sp³-hybridized carbons (Fsp3) is 0.333. The Hall–Kier alpha value is -0.810. The van der Waals surface area contributed by atoms with Gasteiger partial charge in [0.15, 0.2) is 0 Å². The van der Waals surface area contributed by atoms with Crippen molar-refractivity contribution in [2.45, 2.75) is 13.8 Å². The molecule has 0 spiro atoms. The van der Waals surface area contributed by atoms with Crippen LogP contribution in [-0.2, 0) is 4.57 Å². The van der Waals surface area contributed by atoms with Gasteiger partial charge >= 0.3 is 0 Å². The molecule has 0 N–H and O–H groups in total. The zero-order chi connectivity index (χ0) is 10.4. The van der Waals surface area contributed by atoms with Gasteiger partial charge < -0.3 is 4.57 Å². The smallest absolute Gasteiger partial charge is 0.108 e. The zero-order valence-electron chi connectivity index (χ0n) is 8.81. The van der Waals surface area contributed by atoms with Crippen molar-refractivity contribution in [1.82, 2.24) is 0 Å². The lowest BCUT2D eigenvalue weighted by molar-refractivity contribution is 0.582. The van der Waals surface area contributed by atoms with Gasteiger partial charge in [-0.05, 0) is 11.4 Å². The first kappa shape index (κ1) is 11.3. The second-order valence-corrected chi connectivity index (χ2v) is 6.78. The fourth-order valence-corrected chi connectivity index (χ4v) is 2.53. The van der Waals surface area contributed by atoms with Crippen molar-refractivity contribution in [2.24, 2.45) is 0 Å². The van der Waals surface area contributed by atoms with E-state index in [0.29, 0.717) is 0 Å². The summed E-state index contributed by atoms with van der Waals surface area (Å²) < 4.78 is 12.0. The Morgan fingerprint density at radius 3 is 2.21 bits per heavy atom. The summed E-state index contributed by atoms with van der Waals surface area (Å²) in [4.78, 5) is 0. The maximum absolute atomic E-state index is 12.0. The molecule has 1 aromatic rings. The van der Waals surface area contributed by atoms with E-state index in [1.807, 2.05) is 56.1 Å². The highest BCUT2D eigenvalue weighted by Gasteiger charge is 2.11. The first-order valence-electron chi connectivity index (χ1n) is 5.02. The van der Waals surface area contributed by atoms with Gasteiger partial charge in [0.1, 0.15) is 7.14 Å². The van der Waals surface area contributed by atoms with Crippen molar-refractivity contribution in [1.29, 1.82) is 0 Å². The SMILES string of the molecule is CCP(=O)(C=Cc1ccccc1)CC. The molecule has 76 valence electrons. The van der Waals surface area contributed by atoms with E-state index in [9.17, 15) is 4.57 Å². The van der Waals surface area contributed by atoms with E-state index < -0.39 is 7.14 Å². The molecule has 0 heterocycles. The maximum Gasteiger partial charge on any atom is 0.108 e. The topological polar surface area (TPSA) is 17.1 Å². The molecule has 2 heteroatoms. The van der Waals surface area contributed by atoms with E-state index in [1.54, 1.807) is 0 Å². The van der Waals surface area contributed by atoms with Gasteiger partial charge in [0.2, 0.25) is 0 Å². The summed E-state index contributed by atoms with van der Waals surface area (Å²) in [5, 5.41) is 0. The molecule has 0 saturated heterocycles. The van der Waals surface area contributed by atoms with Crippen LogP contribution in [0.4, 0.5) is 0 Å². The van der Waals surface area contributed by atoms with Crippen molar-refractivity contribution in [3.05, 3.63) is 41.7 Å². The van der Waals surface area contributed by atoms with Crippen LogP contribution in [0.15, 0.2) is 36.1 Å². The fourth-order valence-electron chi connectivity index (χ4n) is 1.22. The third-order valence-electron chi connectivity index (χ3n) is 2.41. The third-order valence-corrected chi connectivity index (χ3v) is 5.24. The van der Waals surface area contributed by atoms with Crippen LogP contribution in [0.3, 0.4) is 0 Å². The van der Waals surface area contributed by atoms with Crippen molar-refractivity contribution < 1.29 is 4.57 Å². The summed E-state index contributed by atoms with van der Waals surface area (Å²) in [5.41, 5.74) is 1.12. The normalized spacial score (nSPS) is 12.1. The highest BCUT2D eigenvalue weighted by atomic mass is 31.2. The minimum absolute atomic E-state index is 0.757. The summed E-state index contributed by atoms with van der Waals surface area (Å²) in [6.45, 7) is 3.97. The Balaban J connectivity index is 2.78. The molecule has 0 amide bonds. The number of hydrogen-bond donors (Lipinski definition) is 0. The Labute approximate surface area is 86.2 Å². The van der Waals surface area contributed by atoms with Gasteiger partial charge in [0.25, 0.3) is 0 Å². The first-order chi connectivity index (χ1) is 6.70. The molecule has 1 aromatic carbocycles. The van der Waals surface area contributed by atoms with Crippen LogP contribution in [0.1, 0.15) is 19.4 Å². The largest absolute Gasteiger partial charge is 0.319 e. The zero-order valence-corrected chi connectivity index (χ0v) is 9.71. The second kappa shape index (κ2) is 5.17. The first-order valence-corrected chi connectivity index (χ1v) is 7.17. The van der Waals surface area contributed by atoms with Crippen LogP contribution < -0.4 is 0 Å². The van der Waals surface area contributed by atoms with Crippen LogP contribution in [0, 0.1) is 0 Å². The lowest BCUT2D eigenvalue weighted by Crippen LogP contribution is -1.84. The highest BCUT2D eigenvalue weighted by Crippen LogP contribution is 2.46. The molecular weight excluding hydrogens is 191 g/mol. The molecule has 0 atom stereocenters. The lowest BCUT2D eigenvalue weighted by atomic mass is 10.2. The van der Waals surface area contributed by atoms with Gasteiger partial charge in [-0.2, -0.15) is 0 Å². The molecule has 0 bridgehead atoms. The Morgan fingerprint density at radius 2 is 1.71 bits per heavy atom. The molecule has 0 aromatic heterocycles. The number of rotatable bonds is 4. The van der Waals surface area contributed by atoms with Gasteiger partial charge in [0.05, 0.1) is 0 Å². The van der Waals surface area contributed by atoms with E-state index >= 15 is 0 Å². The molecule has 0 radical (unpaired) electrons. The Kier molecular flexibility index (Phi) is 4.16. The quantitative estimate of drug-likeness (QED) is 0.682. The standard InChI is InChI=1S/C12H17OP/c1-3-14(13,4-2)11-10-12-8-6-5-7-9-12/h5-11H,3-4H2,1-2H3. The van der Waals surface area contributed by atoms with Crippen molar-refractivity contribution in [2.75, 3.05) is 12.3 Å². The van der Waals surface area contributed by atoms with E-state index in [4.69, 9.17) is 0 Å². The summed E-state index contributed by atoms with van der Waals surface area (Å²) in [6, 6.07) is 10.00. The molecule has 1 nitrogen and oxygen atoms in total. The Bertz CT molecular complexity index is 333. The lowest BCUT2D eigenvalue weighted by Gasteiger charge is -2.07. The number of benzene rings is 1. The van der Waals surface area contributed by atoms with E-state index in [-0.39, 0.29) is 0 Å². The van der Waals surface area contributed by atoms with Gasteiger partial charge in [-0.1, -0.05) is 50.3 Å². The van der Waals surface area contributed by atoms with Crippen molar-refractivity contribution in [3.63, 3.8) is 0 Å². The van der Waals surface area contributed by atoms with Crippen LogP contribution >= 0.6 is 7.14 Å². The molecule has 1 rings (SSSR count). The summed E-state index contributed by atoms with van der Waals surface area (Å²) >= 11 is 0. The van der Waals surface area contributed by atoms with E-state index in [2.05, 4.69) is 0 Å². The molecule has 0 aliphatic carbocycles. The minimum atomic E-state index is -2.03. The molecule has 14 heavy (non-hydrogen) atoms. The van der Waals surface area contributed by atoms with E-state index in [1.165, 1.54) is 0 Å². The van der Waals surface area contributed by atoms with Crippen LogP contribution in [0.2, 0.25) is 0 Å². The molecule has 0 aliphatic rings. The van der Waals surface area contributed by atoms with Crippen molar-refractivity contribution >= 4 is 13.2 Å². The van der Waals surface area contributed by atoms with Crippen molar-refractivity contribution in [3.8, 4) is 0 Å². The minimum Gasteiger partial charge on any atom is -0.319 e. The maximum atomic E-state index is 12.0. The van der Waals surface area contributed by atoms with E-state index in [0.717, 1.165) is 17.9 Å². The molecule has 0 fully saturated rings. The predicted molar refractivity (Wildman–Crippen MR) is 64.2 cm³/mol. The van der Waals surface area contributed by atoms with Crippen LogP contribution in [0.25, 0.3) is 6.08 Å². The average Bonchev–Trinajstić information content (AvgIpc) is 2.27. The van der Waals surface area contributed by atoms with Gasteiger partial charge in [-0.3, -0.25) is 0 Å². The van der Waals surface area contributed by atoms with Gasteiger partial charge in [-0.25, -0.2) is 0 Å².